The Kier molecular flexibility index (Phi) is 3.66. The zero-order valence-electron chi connectivity index (χ0n) is 13.4. The van der Waals surface area contributed by atoms with Crippen LogP contribution in [0.4, 0.5) is 11.5 Å². The Morgan fingerprint density at radius 2 is 1.95 bits per heavy atom. The van der Waals surface area contributed by atoms with E-state index in [0.717, 1.165) is 18.1 Å². The van der Waals surface area contributed by atoms with Gasteiger partial charge >= 0.3 is 0 Å². The number of fused-ring (bicyclic) bond motifs is 1. The Hall–Kier alpha value is -2.63. The van der Waals surface area contributed by atoms with E-state index in [-0.39, 0.29) is 0 Å². The molecule has 0 fully saturated rings. The average Bonchev–Trinajstić information content (AvgIpc) is 2.94. The fraction of sp³-hybridized carbons (Fsp3) is 0.312. The lowest BCUT2D eigenvalue weighted by Gasteiger charge is -2.21. The van der Waals surface area contributed by atoms with E-state index in [1.807, 2.05) is 27.1 Å². The highest BCUT2D eigenvalue weighted by Crippen LogP contribution is 2.19. The molecular weight excluding hydrogens is 276 g/mol. The maximum atomic E-state index is 4.38. The van der Waals surface area contributed by atoms with Gasteiger partial charge in [-0.25, -0.2) is 4.98 Å². The van der Waals surface area contributed by atoms with Gasteiger partial charge in [-0.1, -0.05) is 12.1 Å². The molecule has 0 unspecified atom stereocenters. The van der Waals surface area contributed by atoms with E-state index in [9.17, 15) is 0 Å². The molecular formula is C16H20N6. The molecule has 2 heterocycles. The molecule has 0 saturated carbocycles. The van der Waals surface area contributed by atoms with Crippen LogP contribution in [0.5, 0.6) is 0 Å². The number of benzene rings is 1. The minimum absolute atomic E-state index is 0.629. The quantitative estimate of drug-likeness (QED) is 0.738. The zero-order chi connectivity index (χ0) is 15.7. The summed E-state index contributed by atoms with van der Waals surface area (Å²) >= 11 is 0. The molecule has 3 aromatic rings. The molecule has 2 aromatic heterocycles. The van der Waals surface area contributed by atoms with E-state index in [2.05, 4.69) is 56.2 Å². The molecule has 0 aliphatic heterocycles. The van der Waals surface area contributed by atoms with Crippen LogP contribution in [-0.4, -0.2) is 40.7 Å². The molecule has 0 spiro atoms. The first kappa shape index (κ1) is 14.3. The number of nitrogens with zero attached hydrogens (tertiary/aromatic N) is 6. The molecule has 0 aliphatic rings. The second-order valence-electron chi connectivity index (χ2n) is 5.65. The van der Waals surface area contributed by atoms with Crippen molar-refractivity contribution in [2.75, 3.05) is 30.9 Å². The average molecular weight is 296 g/mol. The van der Waals surface area contributed by atoms with Crippen molar-refractivity contribution in [3.05, 3.63) is 47.9 Å². The lowest BCUT2D eigenvalue weighted by Crippen LogP contribution is -2.20. The van der Waals surface area contributed by atoms with Crippen LogP contribution >= 0.6 is 0 Å². The Labute approximate surface area is 130 Å². The number of hydrogen-bond acceptors (Lipinski definition) is 5. The highest BCUT2D eigenvalue weighted by molar-refractivity contribution is 5.50. The smallest absolute Gasteiger partial charge is 0.254 e. The first-order chi connectivity index (χ1) is 10.5. The van der Waals surface area contributed by atoms with Crippen LogP contribution in [0.25, 0.3) is 5.78 Å². The fourth-order valence-corrected chi connectivity index (χ4v) is 2.47. The monoisotopic (exact) mass is 296 g/mol. The minimum Gasteiger partial charge on any atom is -0.378 e. The lowest BCUT2D eigenvalue weighted by molar-refractivity contribution is 0.827. The molecule has 0 amide bonds. The highest BCUT2D eigenvalue weighted by Gasteiger charge is 2.10. The summed E-state index contributed by atoms with van der Waals surface area (Å²) in [6, 6.07) is 10.5. The van der Waals surface area contributed by atoms with Gasteiger partial charge in [0.25, 0.3) is 5.78 Å². The molecule has 0 aliphatic carbocycles. The van der Waals surface area contributed by atoms with Crippen LogP contribution in [0.15, 0.2) is 36.7 Å². The topological polar surface area (TPSA) is 49.6 Å². The molecule has 22 heavy (non-hydrogen) atoms. The predicted molar refractivity (Wildman–Crippen MR) is 88.4 cm³/mol. The van der Waals surface area contributed by atoms with Crippen molar-refractivity contribution in [3.8, 4) is 0 Å². The number of anilines is 2. The summed E-state index contributed by atoms with van der Waals surface area (Å²) in [6.07, 6.45) is 1.53. The van der Waals surface area contributed by atoms with Crippen molar-refractivity contribution in [2.45, 2.75) is 13.5 Å². The SMILES string of the molecule is Cc1cc(N(C)Cc2cccc(N(C)C)c2)n2ncnc2n1. The van der Waals surface area contributed by atoms with Crippen molar-refractivity contribution in [1.29, 1.82) is 0 Å². The minimum atomic E-state index is 0.629. The Balaban J connectivity index is 1.91. The summed E-state index contributed by atoms with van der Waals surface area (Å²) in [5.41, 5.74) is 3.38. The van der Waals surface area contributed by atoms with E-state index in [1.54, 1.807) is 4.52 Å². The second kappa shape index (κ2) is 5.63. The molecule has 0 atom stereocenters. The summed E-state index contributed by atoms with van der Waals surface area (Å²) in [7, 11) is 6.15. The maximum Gasteiger partial charge on any atom is 0.254 e. The molecule has 1 aromatic carbocycles. The first-order valence-corrected chi connectivity index (χ1v) is 7.19. The Morgan fingerprint density at radius 1 is 1.14 bits per heavy atom. The summed E-state index contributed by atoms with van der Waals surface area (Å²) in [6.45, 7) is 2.76. The van der Waals surface area contributed by atoms with Gasteiger partial charge in [0.1, 0.15) is 12.1 Å². The molecule has 0 N–H and O–H groups in total. The van der Waals surface area contributed by atoms with E-state index in [4.69, 9.17) is 0 Å². The van der Waals surface area contributed by atoms with E-state index in [0.29, 0.717) is 5.78 Å². The van der Waals surface area contributed by atoms with Crippen LogP contribution in [0.2, 0.25) is 0 Å². The molecule has 114 valence electrons. The van der Waals surface area contributed by atoms with E-state index in [1.165, 1.54) is 17.6 Å². The number of rotatable bonds is 4. The van der Waals surface area contributed by atoms with Crippen molar-refractivity contribution in [2.24, 2.45) is 0 Å². The van der Waals surface area contributed by atoms with Crippen LogP contribution < -0.4 is 9.80 Å². The van der Waals surface area contributed by atoms with Crippen molar-refractivity contribution in [3.63, 3.8) is 0 Å². The second-order valence-corrected chi connectivity index (χ2v) is 5.65. The van der Waals surface area contributed by atoms with E-state index >= 15 is 0 Å². The summed E-state index contributed by atoms with van der Waals surface area (Å²) in [4.78, 5) is 12.8. The lowest BCUT2D eigenvalue weighted by atomic mass is 10.2. The van der Waals surface area contributed by atoms with Gasteiger partial charge in [-0.3, -0.25) is 0 Å². The van der Waals surface area contributed by atoms with Gasteiger partial charge in [-0.05, 0) is 24.6 Å². The van der Waals surface area contributed by atoms with Gasteiger partial charge in [-0.2, -0.15) is 14.6 Å². The third-order valence-corrected chi connectivity index (χ3v) is 3.60. The first-order valence-electron chi connectivity index (χ1n) is 7.19. The van der Waals surface area contributed by atoms with Crippen molar-refractivity contribution in [1.82, 2.24) is 19.6 Å². The molecule has 0 saturated heterocycles. The van der Waals surface area contributed by atoms with Gasteiger partial charge < -0.3 is 9.80 Å². The van der Waals surface area contributed by atoms with Crippen LogP contribution in [-0.2, 0) is 6.54 Å². The zero-order valence-corrected chi connectivity index (χ0v) is 13.4. The van der Waals surface area contributed by atoms with Crippen molar-refractivity contribution >= 4 is 17.3 Å². The predicted octanol–water partition coefficient (Wildman–Crippen LogP) is 2.14. The molecule has 0 bridgehead atoms. The largest absolute Gasteiger partial charge is 0.378 e. The fourth-order valence-electron chi connectivity index (χ4n) is 2.47. The molecule has 6 heteroatoms. The summed E-state index contributed by atoms with van der Waals surface area (Å²) < 4.78 is 1.77. The molecule has 0 radical (unpaired) electrons. The van der Waals surface area contributed by atoms with Gasteiger partial charge in [0.15, 0.2) is 0 Å². The number of aromatic nitrogens is 4. The van der Waals surface area contributed by atoms with Crippen molar-refractivity contribution < 1.29 is 0 Å². The van der Waals surface area contributed by atoms with Gasteiger partial charge in [0, 0.05) is 45.1 Å². The number of hydrogen-bond donors (Lipinski definition) is 0. The Bertz CT molecular complexity index is 792. The van der Waals surface area contributed by atoms with Gasteiger partial charge in [0.2, 0.25) is 0 Å². The molecule has 6 nitrogen and oxygen atoms in total. The van der Waals surface area contributed by atoms with Crippen LogP contribution in [0.1, 0.15) is 11.3 Å². The van der Waals surface area contributed by atoms with E-state index < -0.39 is 0 Å². The standard InChI is InChI=1S/C16H20N6/c1-12-8-15(22-16(19-12)17-11-18-22)21(4)10-13-6-5-7-14(9-13)20(2)3/h5-9,11H,10H2,1-4H3. The maximum absolute atomic E-state index is 4.38. The highest BCUT2D eigenvalue weighted by atomic mass is 15.4. The number of aryl methyl sites for hydroxylation is 1. The Morgan fingerprint density at radius 3 is 2.73 bits per heavy atom. The molecule has 3 rings (SSSR count). The van der Waals surface area contributed by atoms with Crippen LogP contribution in [0, 0.1) is 6.92 Å². The third kappa shape index (κ3) is 2.72. The van der Waals surface area contributed by atoms with Gasteiger partial charge in [-0.15, -0.1) is 0 Å². The summed E-state index contributed by atoms with van der Waals surface area (Å²) in [5.74, 6) is 1.61. The van der Waals surface area contributed by atoms with Gasteiger partial charge in [0.05, 0.1) is 0 Å². The summed E-state index contributed by atoms with van der Waals surface area (Å²) in [5, 5.41) is 4.26. The normalized spacial score (nSPS) is 10.9. The van der Waals surface area contributed by atoms with Crippen LogP contribution in [0.3, 0.4) is 0 Å². The third-order valence-electron chi connectivity index (χ3n) is 3.60.